The molecule has 1 atom stereocenters. The lowest BCUT2D eigenvalue weighted by Gasteiger charge is -2.15. The number of nitrogens with one attached hydrogen (secondary N) is 2. The second-order valence-corrected chi connectivity index (χ2v) is 8.86. The molecule has 1 aliphatic heterocycles. The van der Waals surface area contributed by atoms with Crippen LogP contribution in [-0.4, -0.2) is 50.1 Å². The van der Waals surface area contributed by atoms with Crippen molar-refractivity contribution < 1.29 is 19.4 Å². The Morgan fingerprint density at radius 2 is 1.74 bits per heavy atom. The topological polar surface area (TPSA) is 118 Å². The van der Waals surface area contributed by atoms with E-state index in [0.29, 0.717) is 35.3 Å². The van der Waals surface area contributed by atoms with Crippen LogP contribution < -0.4 is 10.6 Å². The molecule has 0 saturated carbocycles. The van der Waals surface area contributed by atoms with Crippen LogP contribution in [0, 0.1) is 0 Å². The van der Waals surface area contributed by atoms with E-state index in [4.69, 9.17) is 4.74 Å². The standard InChI is InChI=1S/C24H27N5O4S/c1-2-21(31)25-17-7-9-18(10-8-17)26-22(32)15-34-24-28-27-23(16-5-11-19(30)12-6-16)29(24)14-20-4-3-13-33-20/h5-12,20,30H,2-4,13-15H2,1H3,(H,25,31)(H,26,32)/t20-/m0/s1. The Morgan fingerprint density at radius 1 is 1.06 bits per heavy atom. The van der Waals surface area contributed by atoms with E-state index in [9.17, 15) is 14.7 Å². The lowest BCUT2D eigenvalue weighted by atomic mass is 10.2. The first-order valence-electron chi connectivity index (χ1n) is 11.2. The number of hydrogen-bond acceptors (Lipinski definition) is 7. The third-order valence-corrected chi connectivity index (χ3v) is 6.33. The number of thioether (sulfide) groups is 1. The van der Waals surface area contributed by atoms with E-state index in [1.165, 1.54) is 11.8 Å². The molecule has 1 aromatic heterocycles. The van der Waals surface area contributed by atoms with E-state index in [1.807, 2.05) is 4.57 Å². The van der Waals surface area contributed by atoms with Crippen molar-refractivity contribution in [3.63, 3.8) is 0 Å². The zero-order valence-electron chi connectivity index (χ0n) is 18.9. The molecule has 178 valence electrons. The molecular weight excluding hydrogens is 454 g/mol. The average Bonchev–Trinajstić information content (AvgIpc) is 3.50. The zero-order valence-corrected chi connectivity index (χ0v) is 19.7. The van der Waals surface area contributed by atoms with Crippen molar-refractivity contribution in [2.75, 3.05) is 23.0 Å². The van der Waals surface area contributed by atoms with Crippen molar-refractivity contribution in [2.24, 2.45) is 0 Å². The average molecular weight is 482 g/mol. The van der Waals surface area contributed by atoms with Gasteiger partial charge in [0, 0.05) is 30.0 Å². The fourth-order valence-electron chi connectivity index (χ4n) is 3.59. The molecule has 0 spiro atoms. The summed E-state index contributed by atoms with van der Waals surface area (Å²) in [5.41, 5.74) is 2.16. The third kappa shape index (κ3) is 6.15. The largest absolute Gasteiger partial charge is 0.508 e. The molecule has 2 heterocycles. The molecule has 3 N–H and O–H groups in total. The van der Waals surface area contributed by atoms with Crippen molar-refractivity contribution in [2.45, 2.75) is 44.0 Å². The van der Waals surface area contributed by atoms with E-state index < -0.39 is 0 Å². The Kier molecular flexibility index (Phi) is 7.81. The molecule has 0 bridgehead atoms. The first kappa shape index (κ1) is 23.8. The normalized spacial score (nSPS) is 15.3. The van der Waals surface area contributed by atoms with Gasteiger partial charge >= 0.3 is 0 Å². The minimum atomic E-state index is -0.173. The second-order valence-electron chi connectivity index (χ2n) is 7.91. The van der Waals surface area contributed by atoms with Crippen LogP contribution in [0.15, 0.2) is 53.7 Å². The van der Waals surface area contributed by atoms with E-state index in [0.717, 1.165) is 25.0 Å². The van der Waals surface area contributed by atoms with Crippen molar-refractivity contribution in [1.82, 2.24) is 14.8 Å². The van der Waals surface area contributed by atoms with Gasteiger partial charge in [-0.15, -0.1) is 10.2 Å². The van der Waals surface area contributed by atoms with E-state index in [2.05, 4.69) is 20.8 Å². The second kappa shape index (κ2) is 11.2. The van der Waals surface area contributed by atoms with Crippen LogP contribution in [0.4, 0.5) is 11.4 Å². The van der Waals surface area contributed by atoms with Crippen molar-refractivity contribution in [3.05, 3.63) is 48.5 Å². The molecule has 0 unspecified atom stereocenters. The van der Waals surface area contributed by atoms with Gasteiger partial charge in [0.15, 0.2) is 11.0 Å². The van der Waals surface area contributed by atoms with Gasteiger partial charge in [-0.2, -0.15) is 0 Å². The fraction of sp³-hybridized carbons (Fsp3) is 0.333. The van der Waals surface area contributed by atoms with Gasteiger partial charge in [-0.05, 0) is 61.4 Å². The van der Waals surface area contributed by atoms with Gasteiger partial charge in [-0.1, -0.05) is 18.7 Å². The van der Waals surface area contributed by atoms with Crippen molar-refractivity contribution in [1.29, 1.82) is 0 Å². The smallest absolute Gasteiger partial charge is 0.234 e. The molecule has 1 aliphatic rings. The highest BCUT2D eigenvalue weighted by Gasteiger charge is 2.22. The van der Waals surface area contributed by atoms with Crippen LogP contribution in [0.5, 0.6) is 5.75 Å². The van der Waals surface area contributed by atoms with Gasteiger partial charge in [0.25, 0.3) is 0 Å². The Balaban J connectivity index is 1.42. The Morgan fingerprint density at radius 3 is 2.35 bits per heavy atom. The molecule has 34 heavy (non-hydrogen) atoms. The Hall–Kier alpha value is -3.37. The number of rotatable bonds is 9. The lowest BCUT2D eigenvalue weighted by Crippen LogP contribution is -2.18. The van der Waals surface area contributed by atoms with Gasteiger partial charge < -0.3 is 20.5 Å². The van der Waals surface area contributed by atoms with Crippen LogP contribution in [0.2, 0.25) is 0 Å². The van der Waals surface area contributed by atoms with Gasteiger partial charge in [-0.3, -0.25) is 14.2 Å². The van der Waals surface area contributed by atoms with E-state index in [1.54, 1.807) is 55.5 Å². The lowest BCUT2D eigenvalue weighted by molar-refractivity contribution is -0.116. The number of aromatic hydroxyl groups is 1. The quantitative estimate of drug-likeness (QED) is 0.397. The zero-order chi connectivity index (χ0) is 23.9. The van der Waals surface area contributed by atoms with E-state index >= 15 is 0 Å². The minimum absolute atomic E-state index is 0.0630. The number of carbonyl (C=O) groups excluding carboxylic acids is 2. The molecule has 1 saturated heterocycles. The summed E-state index contributed by atoms with van der Waals surface area (Å²) in [5.74, 6) is 0.775. The number of hydrogen-bond donors (Lipinski definition) is 3. The molecule has 4 rings (SSSR count). The number of carbonyl (C=O) groups is 2. The number of benzene rings is 2. The highest BCUT2D eigenvalue weighted by atomic mass is 32.2. The third-order valence-electron chi connectivity index (χ3n) is 5.36. The number of anilines is 2. The summed E-state index contributed by atoms with van der Waals surface area (Å²) in [5, 5.41) is 24.5. The molecule has 10 heteroatoms. The van der Waals surface area contributed by atoms with Crippen molar-refractivity contribution >= 4 is 35.0 Å². The number of phenols is 1. The van der Waals surface area contributed by atoms with Crippen LogP contribution >= 0.6 is 11.8 Å². The molecule has 0 aliphatic carbocycles. The summed E-state index contributed by atoms with van der Waals surface area (Å²) in [4.78, 5) is 24.0. The molecule has 0 radical (unpaired) electrons. The maximum Gasteiger partial charge on any atom is 0.234 e. The fourth-order valence-corrected chi connectivity index (χ4v) is 4.34. The van der Waals surface area contributed by atoms with Crippen LogP contribution in [-0.2, 0) is 20.9 Å². The van der Waals surface area contributed by atoms with Crippen LogP contribution in [0.3, 0.4) is 0 Å². The molecular formula is C24H27N5O4S. The summed E-state index contributed by atoms with van der Waals surface area (Å²) in [6.07, 6.45) is 2.47. The maximum absolute atomic E-state index is 12.6. The summed E-state index contributed by atoms with van der Waals surface area (Å²) < 4.78 is 7.78. The molecule has 2 amide bonds. The predicted molar refractivity (Wildman–Crippen MR) is 131 cm³/mol. The Bertz CT molecular complexity index is 1130. The first-order valence-corrected chi connectivity index (χ1v) is 12.2. The summed E-state index contributed by atoms with van der Waals surface area (Å²) in [6, 6.07) is 13.8. The van der Waals surface area contributed by atoms with Crippen LogP contribution in [0.25, 0.3) is 11.4 Å². The number of phenolic OH excluding ortho intramolecular Hbond substituents is 1. The number of ether oxygens (including phenoxy) is 1. The maximum atomic E-state index is 12.6. The summed E-state index contributed by atoms with van der Waals surface area (Å²) in [7, 11) is 0. The van der Waals surface area contributed by atoms with E-state index in [-0.39, 0.29) is 29.4 Å². The molecule has 1 fully saturated rings. The number of aromatic nitrogens is 3. The van der Waals surface area contributed by atoms with Crippen molar-refractivity contribution in [3.8, 4) is 17.1 Å². The summed E-state index contributed by atoms with van der Waals surface area (Å²) >= 11 is 1.31. The number of amides is 2. The Labute approximate surface area is 201 Å². The first-order chi connectivity index (χ1) is 16.5. The highest BCUT2D eigenvalue weighted by Crippen LogP contribution is 2.27. The SMILES string of the molecule is CCC(=O)Nc1ccc(NC(=O)CSc2nnc(-c3ccc(O)cc3)n2C[C@@H]2CCCO2)cc1. The monoisotopic (exact) mass is 481 g/mol. The number of nitrogens with zero attached hydrogens (tertiary/aromatic N) is 3. The molecule has 2 aromatic carbocycles. The van der Waals surface area contributed by atoms with Gasteiger partial charge in [-0.25, -0.2) is 0 Å². The summed E-state index contributed by atoms with van der Waals surface area (Å²) in [6.45, 7) is 3.13. The molecule has 3 aromatic rings. The van der Waals surface area contributed by atoms with Gasteiger partial charge in [0.1, 0.15) is 5.75 Å². The molecule has 9 nitrogen and oxygen atoms in total. The minimum Gasteiger partial charge on any atom is -0.508 e. The van der Waals surface area contributed by atoms with Gasteiger partial charge in [0.05, 0.1) is 18.4 Å². The predicted octanol–water partition coefficient (Wildman–Crippen LogP) is 3.91. The van der Waals surface area contributed by atoms with Gasteiger partial charge in [0.2, 0.25) is 11.8 Å². The highest BCUT2D eigenvalue weighted by molar-refractivity contribution is 7.99. The van der Waals surface area contributed by atoms with Crippen LogP contribution in [0.1, 0.15) is 26.2 Å².